The molecule has 0 aliphatic carbocycles. The molecule has 22 heavy (non-hydrogen) atoms. The van der Waals surface area contributed by atoms with Gasteiger partial charge in [-0.2, -0.15) is 0 Å². The second-order valence-electron chi connectivity index (χ2n) is 6.48. The van der Waals surface area contributed by atoms with Crippen LogP contribution < -0.4 is 15.5 Å². The quantitative estimate of drug-likeness (QED) is 0.870. The van der Waals surface area contributed by atoms with Crippen molar-refractivity contribution >= 4 is 11.9 Å². The van der Waals surface area contributed by atoms with Gasteiger partial charge in [0.1, 0.15) is 0 Å². The van der Waals surface area contributed by atoms with Crippen LogP contribution in [0.3, 0.4) is 0 Å². The summed E-state index contributed by atoms with van der Waals surface area (Å²) in [5, 5.41) is 6.54. The third-order valence-electron chi connectivity index (χ3n) is 4.59. The molecule has 6 nitrogen and oxygen atoms in total. The third-order valence-corrected chi connectivity index (χ3v) is 4.59. The molecule has 6 heteroatoms. The molecule has 0 aromatic carbocycles. The minimum absolute atomic E-state index is 0.0351. The first kappa shape index (κ1) is 15.2. The molecule has 3 unspecified atom stereocenters. The van der Waals surface area contributed by atoms with E-state index in [1.54, 1.807) is 12.4 Å². The summed E-state index contributed by atoms with van der Waals surface area (Å²) in [6.07, 6.45) is 7.70. The molecule has 1 aromatic heterocycles. The summed E-state index contributed by atoms with van der Waals surface area (Å²) in [5.41, 5.74) is 0. The van der Waals surface area contributed by atoms with Crippen LogP contribution in [0.4, 0.5) is 5.95 Å². The number of carbonyl (C=O) groups excluding carboxylic acids is 1. The van der Waals surface area contributed by atoms with E-state index >= 15 is 0 Å². The van der Waals surface area contributed by atoms with Gasteiger partial charge in [-0.05, 0) is 44.2 Å². The Bertz CT molecular complexity index is 495. The van der Waals surface area contributed by atoms with E-state index in [1.165, 1.54) is 0 Å². The summed E-state index contributed by atoms with van der Waals surface area (Å²) >= 11 is 0. The number of rotatable bonds is 3. The van der Waals surface area contributed by atoms with E-state index in [0.29, 0.717) is 5.92 Å². The lowest BCUT2D eigenvalue weighted by molar-refractivity contribution is -0.124. The standard InChI is InChI=1S/C16H25N5O/c1-12-5-8-17-14(10-12)15(22)20-13-4-2-9-21(11-13)16-18-6-3-7-19-16/h3,6-7,12-14,17H,2,4-5,8-11H2,1H3,(H,20,22). The Balaban J connectivity index is 1.55. The number of hydrogen-bond acceptors (Lipinski definition) is 5. The summed E-state index contributed by atoms with van der Waals surface area (Å²) in [4.78, 5) is 23.2. The van der Waals surface area contributed by atoms with E-state index < -0.39 is 0 Å². The van der Waals surface area contributed by atoms with Gasteiger partial charge in [0.2, 0.25) is 11.9 Å². The van der Waals surface area contributed by atoms with Gasteiger partial charge in [0.25, 0.3) is 0 Å². The molecule has 0 radical (unpaired) electrons. The highest BCUT2D eigenvalue weighted by Crippen LogP contribution is 2.17. The van der Waals surface area contributed by atoms with Crippen LogP contribution in [0.15, 0.2) is 18.5 Å². The molecule has 0 saturated carbocycles. The van der Waals surface area contributed by atoms with Gasteiger partial charge in [-0.25, -0.2) is 9.97 Å². The van der Waals surface area contributed by atoms with Crippen LogP contribution in [0.5, 0.6) is 0 Å². The Morgan fingerprint density at radius 2 is 2.18 bits per heavy atom. The van der Waals surface area contributed by atoms with Crippen LogP contribution in [-0.2, 0) is 4.79 Å². The molecule has 1 aromatic rings. The molecule has 120 valence electrons. The van der Waals surface area contributed by atoms with Crippen LogP contribution in [0.2, 0.25) is 0 Å². The lowest BCUT2D eigenvalue weighted by atomic mass is 9.93. The molecule has 2 N–H and O–H groups in total. The monoisotopic (exact) mass is 303 g/mol. The second-order valence-corrected chi connectivity index (χ2v) is 6.48. The maximum atomic E-state index is 12.4. The topological polar surface area (TPSA) is 70.2 Å². The van der Waals surface area contributed by atoms with Crippen molar-refractivity contribution in [1.29, 1.82) is 0 Å². The average molecular weight is 303 g/mol. The summed E-state index contributed by atoms with van der Waals surface area (Å²) in [7, 11) is 0. The Morgan fingerprint density at radius 3 is 2.95 bits per heavy atom. The number of amides is 1. The zero-order valence-electron chi connectivity index (χ0n) is 13.2. The van der Waals surface area contributed by atoms with Crippen LogP contribution in [0.1, 0.15) is 32.6 Å². The normalized spacial score (nSPS) is 29.1. The van der Waals surface area contributed by atoms with E-state index in [0.717, 1.165) is 51.3 Å². The minimum Gasteiger partial charge on any atom is -0.350 e. The Hall–Kier alpha value is -1.69. The van der Waals surface area contributed by atoms with E-state index in [4.69, 9.17) is 0 Å². The fourth-order valence-electron chi connectivity index (χ4n) is 3.34. The first-order chi connectivity index (χ1) is 10.7. The second kappa shape index (κ2) is 7.05. The lowest BCUT2D eigenvalue weighted by Crippen LogP contribution is -2.54. The van der Waals surface area contributed by atoms with Crippen molar-refractivity contribution in [3.05, 3.63) is 18.5 Å². The van der Waals surface area contributed by atoms with Gasteiger partial charge in [0, 0.05) is 31.5 Å². The molecular formula is C16H25N5O. The number of aromatic nitrogens is 2. The van der Waals surface area contributed by atoms with Crippen molar-refractivity contribution in [2.45, 2.75) is 44.7 Å². The highest BCUT2D eigenvalue weighted by atomic mass is 16.2. The van der Waals surface area contributed by atoms with Crippen LogP contribution in [0, 0.1) is 5.92 Å². The molecule has 0 bridgehead atoms. The summed E-state index contributed by atoms with van der Waals surface area (Å²) < 4.78 is 0. The van der Waals surface area contributed by atoms with Gasteiger partial charge in [-0.15, -0.1) is 0 Å². The molecule has 0 spiro atoms. The first-order valence-electron chi connectivity index (χ1n) is 8.28. The van der Waals surface area contributed by atoms with Crippen LogP contribution >= 0.6 is 0 Å². The van der Waals surface area contributed by atoms with Gasteiger partial charge in [0.05, 0.1) is 6.04 Å². The largest absolute Gasteiger partial charge is 0.350 e. The highest BCUT2D eigenvalue weighted by Gasteiger charge is 2.28. The zero-order valence-corrected chi connectivity index (χ0v) is 13.2. The number of hydrogen-bond donors (Lipinski definition) is 2. The van der Waals surface area contributed by atoms with E-state index in [1.807, 2.05) is 6.07 Å². The number of anilines is 1. The predicted molar refractivity (Wildman–Crippen MR) is 85.6 cm³/mol. The minimum atomic E-state index is -0.0351. The van der Waals surface area contributed by atoms with E-state index in [2.05, 4.69) is 32.4 Å². The molecule has 2 saturated heterocycles. The molecule has 2 aliphatic heterocycles. The average Bonchev–Trinajstić information content (AvgIpc) is 2.56. The number of carbonyl (C=O) groups is 1. The maximum Gasteiger partial charge on any atom is 0.237 e. The summed E-state index contributed by atoms with van der Waals surface area (Å²) in [6.45, 7) is 4.90. The van der Waals surface area contributed by atoms with Gasteiger partial charge in [-0.1, -0.05) is 6.92 Å². The predicted octanol–water partition coefficient (Wildman–Crippen LogP) is 0.950. The number of nitrogens with zero attached hydrogens (tertiary/aromatic N) is 3. The molecule has 2 aliphatic rings. The fourth-order valence-corrected chi connectivity index (χ4v) is 3.34. The highest BCUT2D eigenvalue weighted by molar-refractivity contribution is 5.82. The molecule has 3 rings (SSSR count). The summed E-state index contributed by atoms with van der Waals surface area (Å²) in [5.74, 6) is 1.52. The maximum absolute atomic E-state index is 12.4. The number of piperidine rings is 2. The first-order valence-corrected chi connectivity index (χ1v) is 8.28. The van der Waals surface area contributed by atoms with Crippen molar-refractivity contribution < 1.29 is 4.79 Å². The number of nitrogens with one attached hydrogen (secondary N) is 2. The SMILES string of the molecule is CC1CCNC(C(=O)NC2CCCN(c3ncccn3)C2)C1. The van der Waals surface area contributed by atoms with Crippen molar-refractivity contribution in [2.75, 3.05) is 24.5 Å². The van der Waals surface area contributed by atoms with Crippen molar-refractivity contribution in [1.82, 2.24) is 20.6 Å². The van der Waals surface area contributed by atoms with Gasteiger partial charge in [0.15, 0.2) is 0 Å². The van der Waals surface area contributed by atoms with Gasteiger partial charge in [-0.3, -0.25) is 4.79 Å². The molecule has 1 amide bonds. The molecule has 3 heterocycles. The zero-order chi connectivity index (χ0) is 15.4. The molecule has 2 fully saturated rings. The smallest absolute Gasteiger partial charge is 0.237 e. The van der Waals surface area contributed by atoms with Crippen LogP contribution in [0.25, 0.3) is 0 Å². The molecule has 3 atom stereocenters. The van der Waals surface area contributed by atoms with E-state index in [9.17, 15) is 4.79 Å². The molecular weight excluding hydrogens is 278 g/mol. The Kier molecular flexibility index (Phi) is 4.87. The third kappa shape index (κ3) is 3.74. The Labute approximate surface area is 131 Å². The van der Waals surface area contributed by atoms with Crippen molar-refractivity contribution in [3.63, 3.8) is 0 Å². The Morgan fingerprint density at radius 1 is 1.36 bits per heavy atom. The van der Waals surface area contributed by atoms with Crippen molar-refractivity contribution in [3.8, 4) is 0 Å². The van der Waals surface area contributed by atoms with Gasteiger partial charge >= 0.3 is 0 Å². The van der Waals surface area contributed by atoms with E-state index in [-0.39, 0.29) is 18.0 Å². The van der Waals surface area contributed by atoms with Crippen LogP contribution in [-0.4, -0.2) is 47.6 Å². The fraction of sp³-hybridized carbons (Fsp3) is 0.688. The lowest BCUT2D eigenvalue weighted by Gasteiger charge is -2.35. The van der Waals surface area contributed by atoms with Gasteiger partial charge < -0.3 is 15.5 Å². The van der Waals surface area contributed by atoms with Crippen molar-refractivity contribution in [2.24, 2.45) is 5.92 Å². The summed E-state index contributed by atoms with van der Waals surface area (Å²) in [6, 6.07) is 1.97.